The van der Waals surface area contributed by atoms with E-state index in [1.807, 2.05) is 18.2 Å². The SMILES string of the molecule is C=CC(=O)Nc1ccnc(-c2cccc3cnc(Nc4ccc(N5CCN(CC(C)(C)O)CC5)c(F)c4F)nc23)c1. The number of para-hydroxylation sites is 1. The fourth-order valence-electron chi connectivity index (χ4n) is 4.87. The molecule has 212 valence electrons. The number of rotatable bonds is 8. The molecule has 0 radical (unpaired) electrons. The van der Waals surface area contributed by atoms with E-state index in [1.54, 1.807) is 49.3 Å². The van der Waals surface area contributed by atoms with Gasteiger partial charge in [0.15, 0.2) is 11.6 Å². The monoisotopic (exact) mass is 559 g/mol. The van der Waals surface area contributed by atoms with Gasteiger partial charge < -0.3 is 20.6 Å². The number of benzene rings is 2. The molecule has 1 amide bonds. The minimum atomic E-state index is -1.02. The lowest BCUT2D eigenvalue weighted by molar-refractivity contribution is -0.111. The topological polar surface area (TPSA) is 107 Å². The van der Waals surface area contributed by atoms with Gasteiger partial charge in [-0.05, 0) is 44.2 Å². The van der Waals surface area contributed by atoms with Gasteiger partial charge in [0.2, 0.25) is 11.9 Å². The third-order valence-corrected chi connectivity index (χ3v) is 6.73. The van der Waals surface area contributed by atoms with Crippen molar-refractivity contribution in [3.63, 3.8) is 0 Å². The summed E-state index contributed by atoms with van der Waals surface area (Å²) < 4.78 is 30.4. The molecule has 3 N–H and O–H groups in total. The third-order valence-electron chi connectivity index (χ3n) is 6.73. The molecule has 3 heterocycles. The summed E-state index contributed by atoms with van der Waals surface area (Å²) in [4.78, 5) is 28.9. The number of aliphatic hydroxyl groups is 1. The molecule has 0 aliphatic carbocycles. The van der Waals surface area contributed by atoms with E-state index >= 15 is 8.78 Å². The normalized spacial score (nSPS) is 14.2. The molecular formula is C30H31F2N7O2. The predicted octanol–water partition coefficient (Wildman–Crippen LogP) is 4.73. The van der Waals surface area contributed by atoms with Gasteiger partial charge in [0, 0.05) is 61.8 Å². The number of carbonyl (C=O) groups excluding carboxylic acids is 1. The van der Waals surface area contributed by atoms with Gasteiger partial charge >= 0.3 is 0 Å². The van der Waals surface area contributed by atoms with Crippen LogP contribution in [0.4, 0.5) is 31.8 Å². The Labute approximate surface area is 236 Å². The lowest BCUT2D eigenvalue weighted by Crippen LogP contribution is -2.50. The van der Waals surface area contributed by atoms with Crippen LogP contribution in [0.3, 0.4) is 0 Å². The molecule has 4 aromatic rings. The smallest absolute Gasteiger partial charge is 0.247 e. The quantitative estimate of drug-likeness (QED) is 0.266. The fourth-order valence-corrected chi connectivity index (χ4v) is 4.87. The molecule has 0 spiro atoms. The first-order chi connectivity index (χ1) is 19.6. The van der Waals surface area contributed by atoms with Gasteiger partial charge in [-0.25, -0.2) is 18.7 Å². The standard InChI is InChI=1S/C30H31F2N7O2/c1-4-25(40)35-20-10-11-33-23(16-20)21-7-5-6-19-17-34-29(37-28(19)21)36-22-8-9-24(27(32)26(22)31)39-14-12-38(13-15-39)18-30(2,3)41/h4-11,16-17,41H,1,12-15,18H2,2-3H3,(H,33,35,40)(H,34,36,37). The van der Waals surface area contributed by atoms with E-state index in [1.165, 1.54) is 12.1 Å². The van der Waals surface area contributed by atoms with Crippen LogP contribution in [0.1, 0.15) is 13.8 Å². The van der Waals surface area contributed by atoms with Crippen molar-refractivity contribution < 1.29 is 18.7 Å². The zero-order valence-electron chi connectivity index (χ0n) is 22.9. The molecule has 11 heteroatoms. The van der Waals surface area contributed by atoms with Crippen molar-refractivity contribution in [3.8, 4) is 11.3 Å². The Kier molecular flexibility index (Phi) is 7.91. The molecule has 0 atom stereocenters. The summed E-state index contributed by atoms with van der Waals surface area (Å²) in [6.45, 7) is 9.78. The second kappa shape index (κ2) is 11.6. The molecule has 2 aromatic carbocycles. The van der Waals surface area contributed by atoms with Crippen LogP contribution in [0.5, 0.6) is 0 Å². The number of nitrogens with zero attached hydrogens (tertiary/aromatic N) is 5. The van der Waals surface area contributed by atoms with Crippen molar-refractivity contribution in [1.29, 1.82) is 0 Å². The molecule has 9 nitrogen and oxygen atoms in total. The van der Waals surface area contributed by atoms with Crippen LogP contribution in [-0.4, -0.2) is 69.2 Å². The largest absolute Gasteiger partial charge is 0.389 e. The zero-order valence-corrected chi connectivity index (χ0v) is 22.9. The number of carbonyl (C=O) groups is 1. The number of β-amino-alcohol motifs (C(OH)–C–C–N with tert-alkyl or cyclic N) is 1. The number of nitrogens with one attached hydrogen (secondary N) is 2. The van der Waals surface area contributed by atoms with Gasteiger partial charge in [-0.2, -0.15) is 0 Å². The first-order valence-electron chi connectivity index (χ1n) is 13.2. The Morgan fingerprint density at radius 3 is 2.61 bits per heavy atom. The lowest BCUT2D eigenvalue weighted by atomic mass is 10.1. The Morgan fingerprint density at radius 1 is 1.10 bits per heavy atom. The van der Waals surface area contributed by atoms with Crippen molar-refractivity contribution in [3.05, 3.63) is 79.1 Å². The van der Waals surface area contributed by atoms with Crippen LogP contribution in [0.25, 0.3) is 22.2 Å². The van der Waals surface area contributed by atoms with Crippen LogP contribution in [0.2, 0.25) is 0 Å². The van der Waals surface area contributed by atoms with E-state index in [-0.39, 0.29) is 23.2 Å². The molecule has 1 aliphatic heterocycles. The lowest BCUT2D eigenvalue weighted by Gasteiger charge is -2.38. The molecule has 1 saturated heterocycles. The molecule has 2 aromatic heterocycles. The number of pyridine rings is 1. The fraction of sp³-hybridized carbons (Fsp3) is 0.267. The summed E-state index contributed by atoms with van der Waals surface area (Å²) in [5.74, 6) is -2.23. The van der Waals surface area contributed by atoms with E-state index < -0.39 is 17.2 Å². The van der Waals surface area contributed by atoms with E-state index in [0.717, 1.165) is 5.39 Å². The summed E-state index contributed by atoms with van der Waals surface area (Å²) in [5.41, 5.74) is 1.61. The summed E-state index contributed by atoms with van der Waals surface area (Å²) in [5, 5.41) is 16.3. The first-order valence-corrected chi connectivity index (χ1v) is 13.2. The molecular weight excluding hydrogens is 528 g/mol. The maximum absolute atomic E-state index is 15.2. The molecule has 0 bridgehead atoms. The highest BCUT2D eigenvalue weighted by atomic mass is 19.2. The third kappa shape index (κ3) is 6.47. The van der Waals surface area contributed by atoms with Gasteiger partial charge in [-0.15, -0.1) is 0 Å². The molecule has 41 heavy (non-hydrogen) atoms. The Morgan fingerprint density at radius 2 is 1.88 bits per heavy atom. The maximum Gasteiger partial charge on any atom is 0.247 e. The van der Waals surface area contributed by atoms with Crippen molar-refractivity contribution in [2.24, 2.45) is 0 Å². The molecule has 0 unspecified atom stereocenters. The first kappa shape index (κ1) is 28.1. The highest BCUT2D eigenvalue weighted by Crippen LogP contribution is 2.31. The van der Waals surface area contributed by atoms with E-state index in [0.29, 0.717) is 55.2 Å². The number of hydrogen-bond acceptors (Lipinski definition) is 8. The molecule has 1 aliphatic rings. The minimum Gasteiger partial charge on any atom is -0.389 e. The highest BCUT2D eigenvalue weighted by Gasteiger charge is 2.25. The number of amides is 1. The van der Waals surface area contributed by atoms with Crippen LogP contribution >= 0.6 is 0 Å². The summed E-state index contributed by atoms with van der Waals surface area (Å²) >= 11 is 0. The van der Waals surface area contributed by atoms with Gasteiger partial charge in [0.05, 0.1) is 28.2 Å². The second-order valence-corrected chi connectivity index (χ2v) is 10.5. The summed E-state index contributed by atoms with van der Waals surface area (Å²) in [7, 11) is 0. The number of aromatic nitrogens is 3. The van der Waals surface area contributed by atoms with Crippen molar-refractivity contribution >= 4 is 39.8 Å². The molecule has 1 fully saturated rings. The summed E-state index contributed by atoms with van der Waals surface area (Å²) in [6, 6.07) is 11.9. The van der Waals surface area contributed by atoms with Gasteiger partial charge in [0.1, 0.15) is 0 Å². The van der Waals surface area contributed by atoms with Gasteiger partial charge in [-0.3, -0.25) is 14.7 Å². The number of hydrogen-bond donors (Lipinski definition) is 3. The van der Waals surface area contributed by atoms with Gasteiger partial charge in [-0.1, -0.05) is 24.8 Å². The molecule has 0 saturated carbocycles. The maximum atomic E-state index is 15.2. The second-order valence-electron chi connectivity index (χ2n) is 10.5. The Balaban J connectivity index is 1.37. The van der Waals surface area contributed by atoms with Crippen molar-refractivity contribution in [1.82, 2.24) is 19.9 Å². The average molecular weight is 560 g/mol. The minimum absolute atomic E-state index is 0.0870. The predicted molar refractivity (Wildman–Crippen MR) is 156 cm³/mol. The number of halogens is 2. The van der Waals surface area contributed by atoms with E-state index in [4.69, 9.17) is 0 Å². The van der Waals surface area contributed by atoms with Gasteiger partial charge in [0.25, 0.3) is 0 Å². The van der Waals surface area contributed by atoms with Crippen LogP contribution in [0.15, 0.2) is 67.5 Å². The molecule has 5 rings (SSSR count). The Hall–Kier alpha value is -4.48. The van der Waals surface area contributed by atoms with Crippen LogP contribution < -0.4 is 15.5 Å². The number of piperazine rings is 1. The van der Waals surface area contributed by atoms with E-state index in [2.05, 4.69) is 37.1 Å². The Bertz CT molecular complexity index is 1600. The van der Waals surface area contributed by atoms with Crippen molar-refractivity contribution in [2.45, 2.75) is 19.4 Å². The highest BCUT2D eigenvalue weighted by molar-refractivity contribution is 5.99. The van der Waals surface area contributed by atoms with Crippen LogP contribution in [-0.2, 0) is 4.79 Å². The zero-order chi connectivity index (χ0) is 29.1. The van der Waals surface area contributed by atoms with Crippen molar-refractivity contribution in [2.75, 3.05) is 48.3 Å². The van der Waals surface area contributed by atoms with E-state index in [9.17, 15) is 9.90 Å². The number of anilines is 4. The summed E-state index contributed by atoms with van der Waals surface area (Å²) in [6.07, 6.45) is 4.34. The van der Waals surface area contributed by atoms with Crippen LogP contribution in [0, 0.1) is 11.6 Å². The average Bonchev–Trinajstić information content (AvgIpc) is 2.95. The number of fused-ring (bicyclic) bond motifs is 1.